The van der Waals surface area contributed by atoms with Gasteiger partial charge < -0.3 is 0 Å². The molecule has 0 amide bonds. The van der Waals surface area contributed by atoms with Gasteiger partial charge in [0.1, 0.15) is 11.6 Å². The number of carbonyl (C=O) groups excluding carboxylic acids is 1. The molecule has 2 nitrogen and oxygen atoms in total. The largest absolute Gasteiger partial charge is 0.299 e. The van der Waals surface area contributed by atoms with Crippen LogP contribution in [0, 0.1) is 23.1 Å². The second-order valence-electron chi connectivity index (χ2n) is 4.72. The van der Waals surface area contributed by atoms with Crippen LogP contribution < -0.4 is 0 Å². The highest BCUT2D eigenvalue weighted by Gasteiger charge is 2.26. The van der Waals surface area contributed by atoms with Crippen molar-refractivity contribution in [2.24, 2.45) is 5.92 Å². The highest BCUT2D eigenvalue weighted by atomic mass is 19.1. The summed E-state index contributed by atoms with van der Waals surface area (Å²) < 4.78 is 13.3. The van der Waals surface area contributed by atoms with Gasteiger partial charge in [-0.1, -0.05) is 6.92 Å². The molecule has 0 spiro atoms. The third kappa shape index (κ3) is 2.52. The third-order valence-electron chi connectivity index (χ3n) is 3.45. The Labute approximate surface area is 100 Å². The van der Waals surface area contributed by atoms with E-state index in [-0.39, 0.29) is 23.4 Å². The van der Waals surface area contributed by atoms with Gasteiger partial charge in [0.25, 0.3) is 0 Å². The van der Waals surface area contributed by atoms with Crippen molar-refractivity contribution in [3.63, 3.8) is 0 Å². The lowest BCUT2D eigenvalue weighted by atomic mass is 9.78. The topological polar surface area (TPSA) is 40.9 Å². The van der Waals surface area contributed by atoms with Crippen LogP contribution in [0.15, 0.2) is 18.2 Å². The summed E-state index contributed by atoms with van der Waals surface area (Å²) >= 11 is 0. The number of benzene rings is 1. The van der Waals surface area contributed by atoms with E-state index in [1.807, 2.05) is 13.0 Å². The molecule has 2 rings (SSSR count). The van der Waals surface area contributed by atoms with E-state index in [0.29, 0.717) is 12.0 Å². The van der Waals surface area contributed by atoms with Gasteiger partial charge in [-0.3, -0.25) is 4.79 Å². The van der Waals surface area contributed by atoms with Crippen molar-refractivity contribution < 1.29 is 9.18 Å². The molecule has 88 valence electrons. The van der Waals surface area contributed by atoms with E-state index in [1.54, 1.807) is 6.07 Å². The van der Waals surface area contributed by atoms with Gasteiger partial charge in [-0.15, -0.1) is 0 Å². The summed E-state index contributed by atoms with van der Waals surface area (Å²) in [4.78, 5) is 11.4. The Morgan fingerprint density at radius 1 is 1.41 bits per heavy atom. The summed E-state index contributed by atoms with van der Waals surface area (Å²) in [6, 6.07) is 6.41. The summed E-state index contributed by atoms with van der Waals surface area (Å²) in [6.45, 7) is 1.92. The SMILES string of the molecule is CC1CC(c2cc(F)cc(C#N)c2)CCC1=O. The van der Waals surface area contributed by atoms with Crippen molar-refractivity contribution in [3.8, 4) is 6.07 Å². The van der Waals surface area contributed by atoms with E-state index >= 15 is 0 Å². The Hall–Kier alpha value is -1.69. The van der Waals surface area contributed by atoms with Crippen molar-refractivity contribution in [2.75, 3.05) is 0 Å². The molecule has 0 aromatic heterocycles. The highest BCUT2D eigenvalue weighted by Crippen LogP contribution is 2.34. The Balaban J connectivity index is 2.26. The summed E-state index contributed by atoms with van der Waals surface area (Å²) in [6.07, 6.45) is 2.08. The molecular weight excluding hydrogens is 217 g/mol. The highest BCUT2D eigenvalue weighted by molar-refractivity contribution is 5.81. The van der Waals surface area contributed by atoms with Crippen LogP contribution in [0.5, 0.6) is 0 Å². The minimum atomic E-state index is -0.372. The molecule has 1 aromatic rings. The second-order valence-corrected chi connectivity index (χ2v) is 4.72. The minimum Gasteiger partial charge on any atom is -0.299 e. The van der Waals surface area contributed by atoms with Crippen LogP contribution in [0.25, 0.3) is 0 Å². The van der Waals surface area contributed by atoms with Gasteiger partial charge in [0.15, 0.2) is 0 Å². The lowest BCUT2D eigenvalue weighted by molar-refractivity contribution is -0.124. The van der Waals surface area contributed by atoms with Gasteiger partial charge in [0, 0.05) is 12.3 Å². The van der Waals surface area contributed by atoms with Crippen LogP contribution in [0.4, 0.5) is 4.39 Å². The molecule has 0 N–H and O–H groups in total. The van der Waals surface area contributed by atoms with Crippen LogP contribution in [0.3, 0.4) is 0 Å². The smallest absolute Gasteiger partial charge is 0.135 e. The standard InChI is InChI=1S/C14H14FNO/c1-9-4-11(2-3-14(9)17)12-5-10(8-16)6-13(15)7-12/h5-7,9,11H,2-4H2,1H3. The maximum absolute atomic E-state index is 13.3. The first-order valence-electron chi connectivity index (χ1n) is 5.83. The fourth-order valence-electron chi connectivity index (χ4n) is 2.45. The molecule has 1 aromatic carbocycles. The first-order chi connectivity index (χ1) is 8.10. The van der Waals surface area contributed by atoms with Crippen molar-refractivity contribution in [2.45, 2.75) is 32.1 Å². The molecule has 0 heterocycles. The zero-order valence-corrected chi connectivity index (χ0v) is 9.74. The van der Waals surface area contributed by atoms with Crippen molar-refractivity contribution in [1.29, 1.82) is 5.26 Å². The fraction of sp³-hybridized carbons (Fsp3) is 0.429. The van der Waals surface area contributed by atoms with E-state index in [1.165, 1.54) is 12.1 Å². The third-order valence-corrected chi connectivity index (χ3v) is 3.45. The number of ketones is 1. The lowest BCUT2D eigenvalue weighted by Gasteiger charge is -2.26. The van der Waals surface area contributed by atoms with Gasteiger partial charge in [0.05, 0.1) is 11.6 Å². The number of hydrogen-bond donors (Lipinski definition) is 0. The van der Waals surface area contributed by atoms with Crippen LogP contribution in [0.1, 0.15) is 43.2 Å². The van der Waals surface area contributed by atoms with E-state index in [4.69, 9.17) is 5.26 Å². The van der Waals surface area contributed by atoms with Crippen LogP contribution >= 0.6 is 0 Å². The molecule has 1 fully saturated rings. The van der Waals surface area contributed by atoms with E-state index in [0.717, 1.165) is 18.4 Å². The summed E-state index contributed by atoms with van der Waals surface area (Å²) in [7, 11) is 0. The van der Waals surface area contributed by atoms with Gasteiger partial charge in [0.2, 0.25) is 0 Å². The average molecular weight is 231 g/mol. The first kappa shape index (κ1) is 11.8. The Morgan fingerprint density at radius 3 is 2.82 bits per heavy atom. The molecule has 1 aliphatic carbocycles. The van der Waals surface area contributed by atoms with Gasteiger partial charge in [-0.25, -0.2) is 4.39 Å². The number of halogens is 1. The number of nitrogens with zero attached hydrogens (tertiary/aromatic N) is 1. The van der Waals surface area contributed by atoms with Gasteiger partial charge >= 0.3 is 0 Å². The predicted molar refractivity (Wildman–Crippen MR) is 61.9 cm³/mol. The fourth-order valence-corrected chi connectivity index (χ4v) is 2.45. The number of rotatable bonds is 1. The van der Waals surface area contributed by atoms with E-state index in [2.05, 4.69) is 0 Å². The molecule has 1 aliphatic rings. The summed E-state index contributed by atoms with van der Waals surface area (Å²) in [5.41, 5.74) is 1.20. The first-order valence-corrected chi connectivity index (χ1v) is 5.83. The molecule has 2 atom stereocenters. The van der Waals surface area contributed by atoms with E-state index in [9.17, 15) is 9.18 Å². The zero-order valence-electron chi connectivity index (χ0n) is 9.74. The minimum absolute atomic E-state index is 0.0440. The van der Waals surface area contributed by atoms with Gasteiger partial charge in [-0.2, -0.15) is 5.26 Å². The van der Waals surface area contributed by atoms with Crippen molar-refractivity contribution >= 4 is 5.78 Å². The molecule has 3 heteroatoms. The summed E-state index contributed by atoms with van der Waals surface area (Å²) in [5, 5.41) is 8.81. The number of carbonyl (C=O) groups is 1. The van der Waals surface area contributed by atoms with Crippen LogP contribution in [0.2, 0.25) is 0 Å². The Kier molecular flexibility index (Phi) is 3.23. The van der Waals surface area contributed by atoms with Crippen LogP contribution in [-0.4, -0.2) is 5.78 Å². The molecule has 0 aliphatic heterocycles. The lowest BCUT2D eigenvalue weighted by Crippen LogP contribution is -2.21. The quantitative estimate of drug-likeness (QED) is 0.744. The number of nitriles is 1. The molecule has 0 bridgehead atoms. The maximum atomic E-state index is 13.3. The predicted octanol–water partition coefficient (Wildman–Crippen LogP) is 3.17. The normalized spacial score (nSPS) is 24.4. The molecular formula is C14H14FNO. The van der Waals surface area contributed by atoms with Gasteiger partial charge in [-0.05, 0) is 42.5 Å². The average Bonchev–Trinajstić information content (AvgIpc) is 2.32. The monoisotopic (exact) mass is 231 g/mol. The van der Waals surface area contributed by atoms with E-state index < -0.39 is 0 Å². The summed E-state index contributed by atoms with van der Waals surface area (Å²) in [5.74, 6) is 0.162. The number of hydrogen-bond acceptors (Lipinski definition) is 2. The second kappa shape index (κ2) is 4.67. The Morgan fingerprint density at radius 2 is 2.18 bits per heavy atom. The molecule has 1 saturated carbocycles. The Bertz CT molecular complexity index is 489. The number of Topliss-reactive ketones (excluding diaryl/α,β-unsaturated/α-hetero) is 1. The molecule has 0 saturated heterocycles. The van der Waals surface area contributed by atoms with Crippen molar-refractivity contribution in [1.82, 2.24) is 0 Å². The molecule has 17 heavy (non-hydrogen) atoms. The van der Waals surface area contributed by atoms with Crippen molar-refractivity contribution in [3.05, 3.63) is 35.1 Å². The molecule has 0 radical (unpaired) electrons. The molecule has 2 unspecified atom stereocenters. The maximum Gasteiger partial charge on any atom is 0.135 e. The zero-order chi connectivity index (χ0) is 12.4. The van der Waals surface area contributed by atoms with Crippen LogP contribution in [-0.2, 0) is 4.79 Å².